The van der Waals surface area contributed by atoms with Crippen molar-refractivity contribution in [2.24, 2.45) is 7.05 Å². The first-order chi connectivity index (χ1) is 5.15. The lowest BCUT2D eigenvalue weighted by atomic mass is 10.8. The summed E-state index contributed by atoms with van der Waals surface area (Å²) in [5.41, 5.74) is 0. The molecule has 0 fully saturated rings. The number of hydrogen-bond donors (Lipinski definition) is 0. The average molecular weight is 158 g/mol. The highest BCUT2D eigenvalue weighted by Crippen LogP contribution is 1.99. The van der Waals surface area contributed by atoms with Crippen molar-refractivity contribution in [2.75, 3.05) is 7.11 Å². The predicted octanol–water partition coefficient (Wildman–Crippen LogP) is -0.639. The highest BCUT2D eigenvalue weighted by molar-refractivity contribution is 4.92. The standard InChI is InChI=1S/C5H8N3O3/c1-6-4-7(8(9)10)3-5(6)11-2/h3-4H,1-2H3/q+1. The van der Waals surface area contributed by atoms with Crippen molar-refractivity contribution < 1.29 is 14.3 Å². The molecule has 0 spiro atoms. The van der Waals surface area contributed by atoms with Gasteiger partial charge < -0.3 is 4.74 Å². The molecule has 0 saturated carbocycles. The molecule has 0 N–H and O–H groups in total. The zero-order valence-corrected chi connectivity index (χ0v) is 6.22. The van der Waals surface area contributed by atoms with E-state index < -0.39 is 5.03 Å². The molecule has 0 aliphatic rings. The number of ether oxygens (including phenoxy) is 1. The van der Waals surface area contributed by atoms with Crippen LogP contribution in [0.15, 0.2) is 12.5 Å². The first kappa shape index (κ1) is 7.52. The third-order valence-electron chi connectivity index (χ3n) is 1.28. The first-order valence-corrected chi connectivity index (χ1v) is 2.91. The maximum absolute atomic E-state index is 10.2. The molecule has 6 nitrogen and oxygen atoms in total. The topological polar surface area (TPSA) is 61.2 Å². The lowest BCUT2D eigenvalue weighted by molar-refractivity contribution is -0.686. The molecule has 1 heterocycles. The summed E-state index contributed by atoms with van der Waals surface area (Å²) in [5, 5.41) is 9.64. The van der Waals surface area contributed by atoms with Crippen LogP contribution < -0.4 is 9.30 Å². The minimum absolute atomic E-state index is 0.446. The van der Waals surface area contributed by atoms with Gasteiger partial charge in [0.1, 0.15) is 0 Å². The van der Waals surface area contributed by atoms with Crippen LogP contribution >= 0.6 is 0 Å². The summed E-state index contributed by atoms with van der Waals surface area (Å²) in [6.45, 7) is 0. The number of rotatable bonds is 2. The molecule has 11 heavy (non-hydrogen) atoms. The predicted molar refractivity (Wildman–Crippen MR) is 34.6 cm³/mol. The molecular weight excluding hydrogens is 150 g/mol. The minimum atomic E-state index is -0.539. The second-order valence-electron chi connectivity index (χ2n) is 2.02. The molecule has 1 rings (SSSR count). The van der Waals surface area contributed by atoms with E-state index >= 15 is 0 Å². The van der Waals surface area contributed by atoms with Gasteiger partial charge in [-0.1, -0.05) is 0 Å². The highest BCUT2D eigenvalue weighted by atomic mass is 16.7. The lowest BCUT2D eigenvalue weighted by Gasteiger charge is -1.87. The number of imidazole rings is 1. The summed E-state index contributed by atoms with van der Waals surface area (Å²) < 4.78 is 7.16. The SMILES string of the molecule is COc1cn([N+](=O)[O-])c[n+]1C. The smallest absolute Gasteiger partial charge is 0.331 e. The number of methoxy groups -OCH3 is 1. The molecule has 0 amide bonds. The number of hydrogen-bond acceptors (Lipinski definition) is 3. The molecule has 0 saturated heterocycles. The Morgan fingerprint density at radius 1 is 1.82 bits per heavy atom. The molecular formula is C5H8N3O3+. The van der Waals surface area contributed by atoms with Gasteiger partial charge in [-0.3, -0.25) is 0 Å². The number of aryl methyl sites for hydroxylation is 1. The van der Waals surface area contributed by atoms with Crippen LogP contribution in [0.3, 0.4) is 0 Å². The van der Waals surface area contributed by atoms with Gasteiger partial charge in [-0.05, 0) is 0 Å². The van der Waals surface area contributed by atoms with Crippen molar-refractivity contribution in [2.45, 2.75) is 0 Å². The zero-order valence-electron chi connectivity index (χ0n) is 6.22. The molecule has 0 unspecified atom stereocenters. The molecule has 0 aromatic carbocycles. The van der Waals surface area contributed by atoms with Gasteiger partial charge >= 0.3 is 12.2 Å². The fraction of sp³-hybridized carbons (Fsp3) is 0.400. The summed E-state index contributed by atoms with van der Waals surface area (Å²) in [6, 6.07) is 0. The Bertz CT molecular complexity index is 281. The maximum atomic E-state index is 10.2. The third-order valence-corrected chi connectivity index (χ3v) is 1.28. The Balaban J connectivity index is 3.05. The van der Waals surface area contributed by atoms with Crippen molar-refractivity contribution in [3.05, 3.63) is 22.6 Å². The van der Waals surface area contributed by atoms with Crippen LogP contribution in [0.2, 0.25) is 0 Å². The second-order valence-corrected chi connectivity index (χ2v) is 2.02. The zero-order chi connectivity index (χ0) is 8.43. The Hall–Kier alpha value is -1.59. The normalized spacial score (nSPS) is 9.64. The molecule has 60 valence electrons. The van der Waals surface area contributed by atoms with Gasteiger partial charge in [-0.15, -0.1) is 0 Å². The summed E-state index contributed by atoms with van der Waals surface area (Å²) in [6.07, 6.45) is 2.61. The fourth-order valence-corrected chi connectivity index (χ4v) is 0.758. The van der Waals surface area contributed by atoms with Crippen LogP contribution in [0.1, 0.15) is 0 Å². The van der Waals surface area contributed by atoms with Crippen molar-refractivity contribution in [1.29, 1.82) is 0 Å². The van der Waals surface area contributed by atoms with Gasteiger partial charge in [0, 0.05) is 0 Å². The van der Waals surface area contributed by atoms with Gasteiger partial charge in [0.25, 0.3) is 11.2 Å². The van der Waals surface area contributed by atoms with Crippen LogP contribution in [0.5, 0.6) is 5.88 Å². The Morgan fingerprint density at radius 2 is 2.45 bits per heavy atom. The van der Waals surface area contributed by atoms with Gasteiger partial charge in [0.15, 0.2) is 0 Å². The average Bonchev–Trinajstić information content (AvgIpc) is 2.31. The van der Waals surface area contributed by atoms with Gasteiger partial charge in [-0.2, -0.15) is 4.57 Å². The second kappa shape index (κ2) is 2.57. The number of nitrogens with zero attached hydrogens (tertiary/aromatic N) is 3. The van der Waals surface area contributed by atoms with E-state index in [-0.39, 0.29) is 0 Å². The molecule has 0 radical (unpaired) electrons. The van der Waals surface area contributed by atoms with Gasteiger partial charge in [0.05, 0.1) is 18.8 Å². The summed E-state index contributed by atoms with van der Waals surface area (Å²) in [4.78, 5) is 10.2. The molecule has 0 atom stereocenters. The van der Waals surface area contributed by atoms with Crippen LogP contribution in [0, 0.1) is 10.1 Å². The van der Waals surface area contributed by atoms with E-state index in [2.05, 4.69) is 0 Å². The molecule has 6 heteroatoms. The van der Waals surface area contributed by atoms with E-state index in [1.54, 1.807) is 7.05 Å². The minimum Gasteiger partial charge on any atom is -0.463 e. The monoisotopic (exact) mass is 158 g/mol. The first-order valence-electron chi connectivity index (χ1n) is 2.91. The van der Waals surface area contributed by atoms with Crippen molar-refractivity contribution in [3.8, 4) is 5.88 Å². The Labute approximate surface area is 62.7 Å². The van der Waals surface area contributed by atoms with Crippen molar-refractivity contribution in [3.63, 3.8) is 0 Å². The molecule has 0 aliphatic carbocycles. The van der Waals surface area contributed by atoms with Crippen molar-refractivity contribution in [1.82, 2.24) is 4.68 Å². The van der Waals surface area contributed by atoms with E-state index in [0.29, 0.717) is 5.88 Å². The van der Waals surface area contributed by atoms with Crippen molar-refractivity contribution >= 4 is 0 Å². The lowest BCUT2D eigenvalue weighted by Crippen LogP contribution is -2.27. The van der Waals surface area contributed by atoms with Gasteiger partial charge in [0.2, 0.25) is 0 Å². The van der Waals surface area contributed by atoms with E-state index in [1.165, 1.54) is 24.2 Å². The summed E-state index contributed by atoms with van der Waals surface area (Å²) in [7, 11) is 3.12. The number of nitro groups is 1. The molecule has 1 aromatic heterocycles. The van der Waals surface area contributed by atoms with E-state index in [4.69, 9.17) is 4.74 Å². The van der Waals surface area contributed by atoms with E-state index in [9.17, 15) is 10.1 Å². The number of aromatic nitrogens is 2. The Kier molecular flexibility index (Phi) is 1.75. The summed E-state index contributed by atoms with van der Waals surface area (Å²) >= 11 is 0. The quantitative estimate of drug-likeness (QED) is 0.327. The molecule has 1 aromatic rings. The molecule has 0 bridgehead atoms. The molecule has 0 aliphatic heterocycles. The fourth-order valence-electron chi connectivity index (χ4n) is 0.758. The van der Waals surface area contributed by atoms with Crippen LogP contribution in [0.4, 0.5) is 0 Å². The largest absolute Gasteiger partial charge is 0.463 e. The van der Waals surface area contributed by atoms with Crippen LogP contribution in [-0.2, 0) is 7.05 Å². The summed E-state index contributed by atoms with van der Waals surface area (Å²) in [5.74, 6) is 0.446. The maximum Gasteiger partial charge on any atom is 0.331 e. The van der Waals surface area contributed by atoms with E-state index in [0.717, 1.165) is 4.68 Å². The van der Waals surface area contributed by atoms with Crippen LogP contribution in [-0.4, -0.2) is 16.8 Å². The van der Waals surface area contributed by atoms with Crippen LogP contribution in [0.25, 0.3) is 0 Å². The van der Waals surface area contributed by atoms with E-state index in [1.807, 2.05) is 0 Å². The highest BCUT2D eigenvalue weighted by Gasteiger charge is 2.17. The van der Waals surface area contributed by atoms with Gasteiger partial charge in [-0.25, -0.2) is 10.1 Å². The third kappa shape index (κ3) is 1.28. The Morgan fingerprint density at radius 3 is 2.73 bits per heavy atom.